The summed E-state index contributed by atoms with van der Waals surface area (Å²) >= 11 is 0. The van der Waals surface area contributed by atoms with Crippen LogP contribution in [0.2, 0.25) is 0 Å². The maximum atomic E-state index is 7.93. The van der Waals surface area contributed by atoms with Gasteiger partial charge in [-0.3, -0.25) is 0 Å². The van der Waals surface area contributed by atoms with Crippen molar-refractivity contribution in [2.75, 3.05) is 13.2 Å². The summed E-state index contributed by atoms with van der Waals surface area (Å²) in [5.74, 6) is 2.16. The number of hydrogen-bond donors (Lipinski definition) is 0. The Morgan fingerprint density at radius 2 is 0.667 bits per heavy atom. The molecule has 0 bridgehead atoms. The first-order chi connectivity index (χ1) is 31.2. The van der Waals surface area contributed by atoms with Crippen LogP contribution in [-0.2, 0) is 35.1 Å². The number of fused-ring (bicyclic) bond motifs is 2. The minimum absolute atomic E-state index is 0. The first-order valence-electron chi connectivity index (χ1n) is 23.6. The zero-order chi connectivity index (χ0) is 42.4. The van der Waals surface area contributed by atoms with Gasteiger partial charge in [-0.05, 0) is 112 Å². The van der Waals surface area contributed by atoms with E-state index in [1.807, 2.05) is 0 Å². The first-order valence-corrected chi connectivity index (χ1v) is 27.4. The third kappa shape index (κ3) is 9.57. The summed E-state index contributed by atoms with van der Waals surface area (Å²) < 4.78 is 15.9. The maximum Gasteiger partial charge on any atom is 2.00 e. The molecule has 0 N–H and O–H groups in total. The fourth-order valence-corrected chi connectivity index (χ4v) is 20.2. The molecule has 2 nitrogen and oxygen atoms in total. The molecule has 6 aromatic rings. The van der Waals surface area contributed by atoms with Crippen molar-refractivity contribution in [2.24, 2.45) is 29.1 Å². The molecular formula is C59H60Cl2O2Si2Zr. The average molecular weight is 1020 g/mol. The molecule has 66 heavy (non-hydrogen) atoms. The quantitative estimate of drug-likeness (QED) is 0.108. The van der Waals surface area contributed by atoms with E-state index in [0.717, 1.165) is 25.7 Å². The van der Waals surface area contributed by atoms with Crippen LogP contribution in [0.15, 0.2) is 230 Å². The molecule has 2 saturated carbocycles. The summed E-state index contributed by atoms with van der Waals surface area (Å²) in [7, 11) is -5.88. The van der Waals surface area contributed by atoms with Crippen molar-refractivity contribution in [3.8, 4) is 0 Å². The molecule has 0 saturated heterocycles. The van der Waals surface area contributed by atoms with Crippen molar-refractivity contribution in [3.05, 3.63) is 230 Å². The molecule has 4 aliphatic carbocycles. The van der Waals surface area contributed by atoms with E-state index in [0.29, 0.717) is 36.9 Å². The average Bonchev–Trinajstić information content (AvgIpc) is 4.01. The van der Waals surface area contributed by atoms with E-state index in [1.54, 1.807) is 11.1 Å². The van der Waals surface area contributed by atoms with E-state index in [4.69, 9.17) is 8.85 Å². The zero-order valence-corrected chi connectivity index (χ0v) is 43.7. The Morgan fingerprint density at radius 3 is 0.939 bits per heavy atom. The monoisotopic (exact) mass is 1020 g/mol. The Labute approximate surface area is 427 Å². The second-order valence-corrected chi connectivity index (χ2v) is 25.1. The molecule has 4 unspecified atom stereocenters. The standard InChI is InChI=1S/C59H60O2Si2.2ClH.Zr/c1-7-25-49(26-8-1)62(50-27-9-2-10-28-50,51-29-11-3-12-30-51)60-45-43-59(57-41-39-47-23-19-21-37-55(47)57,58-42-40-48-24-20-22-38-56(48)58)44-46-61-63(52-31-13-4-14-32-52,53-33-15-5-16-34-53)54-35-17-6-18-36-54;;;/h1-22,25-38,47-48,57-58H,23-24,39-46H2;2*1H;/q;;;+2/p-2. The molecule has 0 radical (unpaired) electrons. The van der Waals surface area contributed by atoms with Crippen LogP contribution in [0.3, 0.4) is 0 Å². The van der Waals surface area contributed by atoms with Crippen molar-refractivity contribution in [1.29, 1.82) is 0 Å². The van der Waals surface area contributed by atoms with Gasteiger partial charge in [0.2, 0.25) is 0 Å². The van der Waals surface area contributed by atoms with E-state index in [9.17, 15) is 0 Å². The minimum atomic E-state index is -2.94. The van der Waals surface area contributed by atoms with Gasteiger partial charge >= 0.3 is 26.2 Å². The van der Waals surface area contributed by atoms with Crippen molar-refractivity contribution in [1.82, 2.24) is 0 Å². The van der Waals surface area contributed by atoms with E-state index in [2.05, 4.69) is 218 Å². The Hall–Kier alpha value is -3.90. The predicted molar refractivity (Wildman–Crippen MR) is 268 cm³/mol. The first kappa shape index (κ1) is 50.0. The van der Waals surface area contributed by atoms with Crippen LogP contribution in [0.1, 0.15) is 51.4 Å². The molecule has 10 rings (SSSR count). The summed E-state index contributed by atoms with van der Waals surface area (Å²) in [6, 6.07) is 66.9. The van der Waals surface area contributed by atoms with Crippen molar-refractivity contribution < 1.29 is 59.9 Å². The molecule has 7 heteroatoms. The van der Waals surface area contributed by atoms with Gasteiger partial charge < -0.3 is 33.7 Å². The Morgan fingerprint density at radius 1 is 0.394 bits per heavy atom. The van der Waals surface area contributed by atoms with Crippen molar-refractivity contribution >= 4 is 47.8 Å². The molecule has 0 spiro atoms. The number of hydrogen-bond acceptors (Lipinski definition) is 2. The topological polar surface area (TPSA) is 18.5 Å². The molecule has 0 heterocycles. The second-order valence-electron chi connectivity index (χ2n) is 18.3. The summed E-state index contributed by atoms with van der Waals surface area (Å²) in [6.07, 6.45) is 23.8. The molecule has 6 aromatic carbocycles. The van der Waals surface area contributed by atoms with Crippen LogP contribution in [0.5, 0.6) is 0 Å². The maximum absolute atomic E-state index is 7.93. The number of rotatable bonds is 16. The van der Waals surface area contributed by atoms with Gasteiger partial charge in [0.25, 0.3) is 16.6 Å². The smallest absolute Gasteiger partial charge is 1.00 e. The van der Waals surface area contributed by atoms with Crippen LogP contribution >= 0.6 is 0 Å². The van der Waals surface area contributed by atoms with Crippen LogP contribution in [0.4, 0.5) is 0 Å². The van der Waals surface area contributed by atoms with E-state index >= 15 is 0 Å². The molecule has 2 fully saturated rings. The largest absolute Gasteiger partial charge is 2.00 e. The Kier molecular flexibility index (Phi) is 17.4. The molecule has 0 aliphatic heterocycles. The van der Waals surface area contributed by atoms with Gasteiger partial charge in [0.15, 0.2) is 0 Å². The molecule has 4 atom stereocenters. The van der Waals surface area contributed by atoms with Gasteiger partial charge in [0, 0.05) is 13.2 Å². The number of allylic oxidation sites excluding steroid dienone is 8. The zero-order valence-electron chi connectivity index (χ0n) is 37.7. The Bertz CT molecular complexity index is 2180. The van der Waals surface area contributed by atoms with Crippen molar-refractivity contribution in [3.63, 3.8) is 0 Å². The molecular weight excluding hydrogens is 959 g/mol. The summed E-state index contributed by atoms with van der Waals surface area (Å²) in [6.45, 7) is 1.36. The molecule has 0 aromatic heterocycles. The van der Waals surface area contributed by atoms with Gasteiger partial charge in [-0.15, -0.1) is 0 Å². The van der Waals surface area contributed by atoms with E-state index < -0.39 is 16.6 Å². The van der Waals surface area contributed by atoms with Gasteiger partial charge in [-0.25, -0.2) is 0 Å². The van der Waals surface area contributed by atoms with Gasteiger partial charge in [0.05, 0.1) is 0 Å². The molecule has 4 aliphatic rings. The van der Waals surface area contributed by atoms with Gasteiger partial charge in [-0.1, -0.05) is 230 Å². The van der Waals surface area contributed by atoms with E-state index in [-0.39, 0.29) is 56.4 Å². The fourth-order valence-electron chi connectivity index (χ4n) is 12.5. The number of benzene rings is 6. The van der Waals surface area contributed by atoms with Gasteiger partial charge in [-0.2, -0.15) is 0 Å². The Balaban J connectivity index is 0.00000216. The summed E-state index contributed by atoms with van der Waals surface area (Å²) in [5, 5.41) is 7.77. The molecule has 0 amide bonds. The number of halogens is 2. The van der Waals surface area contributed by atoms with Crippen LogP contribution < -0.4 is 55.9 Å². The second kappa shape index (κ2) is 22.9. The van der Waals surface area contributed by atoms with Crippen LogP contribution in [-0.4, -0.2) is 29.8 Å². The molecule has 334 valence electrons. The van der Waals surface area contributed by atoms with Crippen LogP contribution in [0, 0.1) is 29.1 Å². The minimum Gasteiger partial charge on any atom is -1.00 e. The van der Waals surface area contributed by atoms with Crippen molar-refractivity contribution in [2.45, 2.75) is 51.4 Å². The van der Waals surface area contributed by atoms with Gasteiger partial charge in [0.1, 0.15) is 0 Å². The summed E-state index contributed by atoms with van der Waals surface area (Å²) in [4.78, 5) is 0. The predicted octanol–water partition coefficient (Wildman–Crippen LogP) is 3.95. The third-order valence-corrected chi connectivity index (χ3v) is 23.4. The third-order valence-electron chi connectivity index (χ3n) is 15.3. The van der Waals surface area contributed by atoms with E-state index in [1.165, 1.54) is 56.8 Å². The SMILES string of the molecule is C1=CCC2CCC(C(CCO[Si](c3ccccc3)(c3ccccc3)c3ccccc3)(CCO[Si](c3ccccc3)(c3ccccc3)c3ccccc3)C3CCC4CC=CC=C43)C2=C1.[Cl-].[Cl-].[Zr+2]. The fraction of sp³-hybridized carbons (Fsp3) is 0.254. The van der Waals surface area contributed by atoms with Crippen LogP contribution in [0.25, 0.3) is 0 Å². The normalized spacial score (nSPS) is 19.8. The summed E-state index contributed by atoms with van der Waals surface area (Å²) in [5.41, 5.74) is 3.30.